The average Bonchev–Trinajstić information content (AvgIpc) is 2.58. The standard InChI is InChI=1S/C22H28FN3O/c1-15-10-11-18-19(26(15)14-16-8-6-5-7-9-16)12-17(23)21(24-18)25-20(27)13-22(2,3)4/h5-9,12,15H,10-11,13-14H2,1-4H3,(H,24,25,27)/t15-/m0/s1. The number of halogens is 1. The molecule has 0 aliphatic carbocycles. The Bertz CT molecular complexity index is 814. The first kappa shape index (κ1) is 19.3. The molecule has 1 N–H and O–H groups in total. The molecule has 0 fully saturated rings. The van der Waals surface area contributed by atoms with E-state index in [9.17, 15) is 9.18 Å². The van der Waals surface area contributed by atoms with E-state index in [1.807, 2.05) is 39.0 Å². The lowest BCUT2D eigenvalue weighted by Gasteiger charge is -2.37. The van der Waals surface area contributed by atoms with Crippen LogP contribution in [0.2, 0.25) is 0 Å². The van der Waals surface area contributed by atoms with Gasteiger partial charge in [0.05, 0.1) is 11.4 Å². The van der Waals surface area contributed by atoms with Crippen LogP contribution in [0.25, 0.3) is 0 Å². The molecule has 1 amide bonds. The second-order valence-electron chi connectivity index (χ2n) is 8.57. The number of hydrogen-bond acceptors (Lipinski definition) is 3. The van der Waals surface area contributed by atoms with Crippen LogP contribution in [0.3, 0.4) is 0 Å². The second kappa shape index (κ2) is 7.67. The molecule has 5 heteroatoms. The van der Waals surface area contributed by atoms with E-state index in [1.165, 1.54) is 11.6 Å². The minimum absolute atomic E-state index is 0.0391. The van der Waals surface area contributed by atoms with E-state index in [0.717, 1.165) is 24.2 Å². The van der Waals surface area contributed by atoms with E-state index in [-0.39, 0.29) is 17.1 Å². The molecule has 2 aromatic rings. The van der Waals surface area contributed by atoms with E-state index in [1.54, 1.807) is 0 Å². The third-order valence-corrected chi connectivity index (χ3v) is 4.82. The molecule has 1 aliphatic heterocycles. The summed E-state index contributed by atoms with van der Waals surface area (Å²) in [5, 5.41) is 2.65. The Morgan fingerprint density at radius 1 is 1.30 bits per heavy atom. The van der Waals surface area contributed by atoms with E-state index >= 15 is 0 Å². The molecule has 3 rings (SSSR count). The van der Waals surface area contributed by atoms with Gasteiger partial charge in [0.2, 0.25) is 5.91 Å². The van der Waals surface area contributed by atoms with Crippen molar-refractivity contribution < 1.29 is 9.18 Å². The number of carbonyl (C=O) groups is 1. The summed E-state index contributed by atoms with van der Waals surface area (Å²) in [6.07, 6.45) is 2.06. The Morgan fingerprint density at radius 3 is 2.67 bits per heavy atom. The van der Waals surface area contributed by atoms with Crippen molar-refractivity contribution in [1.29, 1.82) is 0 Å². The monoisotopic (exact) mass is 369 g/mol. The maximum atomic E-state index is 14.7. The minimum atomic E-state index is -0.483. The summed E-state index contributed by atoms with van der Waals surface area (Å²) >= 11 is 0. The Hall–Kier alpha value is -2.43. The van der Waals surface area contributed by atoms with Gasteiger partial charge in [-0.3, -0.25) is 4.79 Å². The average molecular weight is 369 g/mol. The molecule has 0 bridgehead atoms. The highest BCUT2D eigenvalue weighted by Crippen LogP contribution is 2.33. The summed E-state index contributed by atoms with van der Waals surface area (Å²) in [6, 6.07) is 12.0. The lowest BCUT2D eigenvalue weighted by Crippen LogP contribution is -2.37. The molecule has 0 saturated carbocycles. The van der Waals surface area contributed by atoms with E-state index in [4.69, 9.17) is 0 Å². The lowest BCUT2D eigenvalue weighted by molar-refractivity contribution is -0.117. The van der Waals surface area contributed by atoms with Crippen LogP contribution < -0.4 is 10.2 Å². The van der Waals surface area contributed by atoms with Gasteiger partial charge >= 0.3 is 0 Å². The van der Waals surface area contributed by atoms with Crippen LogP contribution in [0, 0.1) is 11.2 Å². The molecular formula is C22H28FN3O. The van der Waals surface area contributed by atoms with Crippen molar-refractivity contribution in [3.8, 4) is 0 Å². The number of aromatic nitrogens is 1. The zero-order valence-corrected chi connectivity index (χ0v) is 16.6. The van der Waals surface area contributed by atoms with Gasteiger partial charge in [-0.1, -0.05) is 51.1 Å². The van der Waals surface area contributed by atoms with E-state index < -0.39 is 5.82 Å². The molecule has 1 aromatic carbocycles. The molecule has 1 atom stereocenters. The zero-order chi connectivity index (χ0) is 19.6. The maximum Gasteiger partial charge on any atom is 0.226 e. The van der Waals surface area contributed by atoms with Crippen LogP contribution in [0.4, 0.5) is 15.9 Å². The van der Waals surface area contributed by atoms with Gasteiger partial charge in [0.1, 0.15) is 0 Å². The van der Waals surface area contributed by atoms with Crippen molar-refractivity contribution in [1.82, 2.24) is 4.98 Å². The highest BCUT2D eigenvalue weighted by molar-refractivity contribution is 5.90. The fourth-order valence-electron chi connectivity index (χ4n) is 3.46. The predicted octanol–water partition coefficient (Wildman–Crippen LogP) is 4.94. The number of amides is 1. The smallest absolute Gasteiger partial charge is 0.226 e. The second-order valence-corrected chi connectivity index (χ2v) is 8.57. The van der Waals surface area contributed by atoms with Crippen LogP contribution in [-0.4, -0.2) is 16.9 Å². The molecule has 144 valence electrons. The van der Waals surface area contributed by atoms with E-state index in [0.29, 0.717) is 19.0 Å². The molecule has 4 nitrogen and oxygen atoms in total. The van der Waals surface area contributed by atoms with Crippen LogP contribution in [0.15, 0.2) is 36.4 Å². The summed E-state index contributed by atoms with van der Waals surface area (Å²) < 4.78 is 14.7. The number of pyridine rings is 1. The Labute approximate surface area is 160 Å². The van der Waals surface area contributed by atoms with E-state index in [2.05, 4.69) is 34.3 Å². The van der Waals surface area contributed by atoms with Gasteiger partial charge in [-0.25, -0.2) is 9.37 Å². The van der Waals surface area contributed by atoms with Crippen LogP contribution in [0.5, 0.6) is 0 Å². The number of fused-ring (bicyclic) bond motifs is 1. The highest BCUT2D eigenvalue weighted by Gasteiger charge is 2.27. The zero-order valence-electron chi connectivity index (χ0n) is 16.6. The molecular weight excluding hydrogens is 341 g/mol. The summed E-state index contributed by atoms with van der Waals surface area (Å²) in [6.45, 7) is 8.80. The first-order valence-electron chi connectivity index (χ1n) is 9.53. The SMILES string of the molecule is C[C@H]1CCc2nc(NC(=O)CC(C)(C)C)c(F)cc2N1Cc1ccccc1. The number of carbonyl (C=O) groups excluding carboxylic acids is 1. The Morgan fingerprint density at radius 2 is 2.00 bits per heavy atom. The van der Waals surface area contributed by atoms with Gasteiger partial charge < -0.3 is 10.2 Å². The molecule has 0 spiro atoms. The first-order chi connectivity index (χ1) is 12.7. The Kier molecular flexibility index (Phi) is 5.49. The van der Waals surface area contributed by atoms with Gasteiger partial charge in [-0.2, -0.15) is 0 Å². The molecule has 2 heterocycles. The molecule has 1 aromatic heterocycles. The number of rotatable bonds is 4. The molecule has 1 aliphatic rings. The minimum Gasteiger partial charge on any atom is -0.363 e. The predicted molar refractivity (Wildman–Crippen MR) is 107 cm³/mol. The number of nitrogens with one attached hydrogen (secondary N) is 1. The van der Waals surface area contributed by atoms with Gasteiger partial charge in [0.15, 0.2) is 11.6 Å². The van der Waals surface area contributed by atoms with Gasteiger partial charge in [-0.15, -0.1) is 0 Å². The summed E-state index contributed by atoms with van der Waals surface area (Å²) in [5.74, 6) is -0.653. The fourth-order valence-corrected chi connectivity index (χ4v) is 3.46. The molecule has 0 radical (unpaired) electrons. The van der Waals surface area contributed by atoms with Crippen molar-refractivity contribution in [2.45, 2.75) is 59.5 Å². The summed E-state index contributed by atoms with van der Waals surface area (Å²) in [5.41, 5.74) is 2.69. The van der Waals surface area contributed by atoms with Gasteiger partial charge in [0.25, 0.3) is 0 Å². The Balaban J connectivity index is 1.84. The number of aryl methyl sites for hydroxylation is 1. The van der Waals surface area contributed by atoms with Crippen molar-refractivity contribution >= 4 is 17.4 Å². The summed E-state index contributed by atoms with van der Waals surface area (Å²) in [7, 11) is 0. The number of hydrogen-bond donors (Lipinski definition) is 1. The third kappa shape index (κ3) is 4.85. The third-order valence-electron chi connectivity index (χ3n) is 4.82. The van der Waals surface area contributed by atoms with Crippen molar-refractivity contribution in [3.63, 3.8) is 0 Å². The van der Waals surface area contributed by atoms with Crippen molar-refractivity contribution in [3.05, 3.63) is 53.5 Å². The van der Waals surface area contributed by atoms with Crippen LogP contribution in [0.1, 0.15) is 51.8 Å². The normalized spacial score (nSPS) is 16.8. The number of nitrogens with zero attached hydrogens (tertiary/aromatic N) is 2. The molecule has 0 saturated heterocycles. The number of benzene rings is 1. The van der Waals surface area contributed by atoms with Crippen molar-refractivity contribution in [2.75, 3.05) is 10.2 Å². The molecule has 27 heavy (non-hydrogen) atoms. The summed E-state index contributed by atoms with van der Waals surface area (Å²) in [4.78, 5) is 18.8. The van der Waals surface area contributed by atoms with Crippen LogP contribution in [-0.2, 0) is 17.8 Å². The van der Waals surface area contributed by atoms with Gasteiger partial charge in [-0.05, 0) is 30.7 Å². The van der Waals surface area contributed by atoms with Crippen molar-refractivity contribution in [2.24, 2.45) is 5.41 Å². The topological polar surface area (TPSA) is 45.2 Å². The highest BCUT2D eigenvalue weighted by atomic mass is 19.1. The first-order valence-corrected chi connectivity index (χ1v) is 9.53. The lowest BCUT2D eigenvalue weighted by atomic mass is 9.92. The van der Waals surface area contributed by atoms with Crippen LogP contribution >= 0.6 is 0 Å². The maximum absolute atomic E-state index is 14.7. The quantitative estimate of drug-likeness (QED) is 0.830. The molecule has 0 unspecified atom stereocenters. The van der Waals surface area contributed by atoms with Gasteiger partial charge in [0, 0.05) is 25.1 Å². The fraction of sp³-hybridized carbons (Fsp3) is 0.455. The largest absolute Gasteiger partial charge is 0.363 e. The number of anilines is 2.